The first-order valence-corrected chi connectivity index (χ1v) is 11.5. The minimum atomic E-state index is -0.626. The molecule has 0 aliphatic heterocycles. The highest BCUT2D eigenvalue weighted by Crippen LogP contribution is 2.23. The van der Waals surface area contributed by atoms with Crippen LogP contribution in [0.2, 0.25) is 0 Å². The smallest absolute Gasteiger partial charge is 0.166 e. The molecule has 0 bridgehead atoms. The van der Waals surface area contributed by atoms with Crippen LogP contribution >= 0.6 is 0 Å². The van der Waals surface area contributed by atoms with Crippen molar-refractivity contribution in [2.75, 3.05) is 13.2 Å². The quantitative estimate of drug-likeness (QED) is 0.405. The second-order valence-electron chi connectivity index (χ2n) is 8.91. The third-order valence-corrected chi connectivity index (χ3v) is 5.87. The molecule has 0 spiro atoms. The van der Waals surface area contributed by atoms with Crippen LogP contribution in [0.15, 0.2) is 66.7 Å². The number of ether oxygens (including phenoxy) is 1. The van der Waals surface area contributed by atoms with Crippen LogP contribution in [0.1, 0.15) is 50.0 Å². The van der Waals surface area contributed by atoms with E-state index in [9.17, 15) is 9.90 Å². The molecular weight excluding hydrogens is 398 g/mol. The molecule has 170 valence electrons. The summed E-state index contributed by atoms with van der Waals surface area (Å²) in [5, 5.41) is 12.9. The highest BCUT2D eigenvalue weighted by Gasteiger charge is 2.19. The van der Waals surface area contributed by atoms with Crippen LogP contribution < -0.4 is 4.74 Å². The predicted molar refractivity (Wildman–Crippen MR) is 132 cm³/mol. The van der Waals surface area contributed by atoms with E-state index in [2.05, 4.69) is 56.9 Å². The van der Waals surface area contributed by atoms with Crippen LogP contribution in [-0.4, -0.2) is 47.1 Å². The molecule has 0 heterocycles. The molecule has 0 amide bonds. The zero-order valence-electron chi connectivity index (χ0n) is 19.6. The molecule has 0 aliphatic rings. The molecule has 0 aromatic heterocycles. The van der Waals surface area contributed by atoms with E-state index in [-0.39, 0.29) is 12.4 Å². The number of hydrogen-bond donors (Lipinski definition) is 1. The van der Waals surface area contributed by atoms with Crippen LogP contribution in [0, 0.1) is 0 Å². The van der Waals surface area contributed by atoms with Crippen molar-refractivity contribution in [3.05, 3.63) is 77.9 Å². The molecule has 0 aliphatic carbocycles. The topological polar surface area (TPSA) is 49.8 Å². The maximum atomic E-state index is 13.0. The van der Waals surface area contributed by atoms with E-state index in [0.29, 0.717) is 42.8 Å². The average Bonchev–Trinajstić information content (AvgIpc) is 2.79. The van der Waals surface area contributed by atoms with E-state index < -0.39 is 6.10 Å². The minimum Gasteiger partial charge on any atom is -0.490 e. The van der Waals surface area contributed by atoms with Gasteiger partial charge in [-0.3, -0.25) is 9.69 Å². The molecule has 4 heteroatoms. The average molecular weight is 434 g/mol. The number of carbonyl (C=O) groups excluding carboxylic acids is 1. The van der Waals surface area contributed by atoms with Crippen LogP contribution in [0.25, 0.3) is 10.8 Å². The number of hydrogen-bond acceptors (Lipinski definition) is 4. The number of fused-ring (bicyclic) bond motifs is 1. The van der Waals surface area contributed by atoms with Crippen molar-refractivity contribution in [2.24, 2.45) is 0 Å². The van der Waals surface area contributed by atoms with Crippen molar-refractivity contribution in [1.82, 2.24) is 4.90 Å². The Hall–Kier alpha value is -2.69. The summed E-state index contributed by atoms with van der Waals surface area (Å²) in [5.74, 6) is 0.587. The number of para-hydroxylation sites is 1. The van der Waals surface area contributed by atoms with Gasteiger partial charge < -0.3 is 9.84 Å². The molecule has 4 nitrogen and oxygen atoms in total. The molecule has 3 aromatic rings. The van der Waals surface area contributed by atoms with Gasteiger partial charge in [0.25, 0.3) is 0 Å². The summed E-state index contributed by atoms with van der Waals surface area (Å²) in [6.45, 7) is 9.18. The van der Waals surface area contributed by atoms with Gasteiger partial charge in [0.2, 0.25) is 0 Å². The number of carbonyl (C=O) groups is 1. The summed E-state index contributed by atoms with van der Waals surface area (Å²) < 4.78 is 5.91. The zero-order valence-corrected chi connectivity index (χ0v) is 19.6. The molecule has 0 saturated heterocycles. The van der Waals surface area contributed by atoms with E-state index >= 15 is 0 Å². The van der Waals surface area contributed by atoms with E-state index in [0.717, 1.165) is 0 Å². The molecule has 3 rings (SSSR count). The Morgan fingerprint density at radius 1 is 0.906 bits per heavy atom. The van der Waals surface area contributed by atoms with Gasteiger partial charge >= 0.3 is 0 Å². The van der Waals surface area contributed by atoms with Gasteiger partial charge in [-0.2, -0.15) is 0 Å². The summed E-state index contributed by atoms with van der Waals surface area (Å²) in [4.78, 5) is 15.3. The number of Topliss-reactive ketones (excluding diaryl/α,β-unsaturated/α-hetero) is 1. The molecule has 0 saturated carbocycles. The van der Waals surface area contributed by atoms with Gasteiger partial charge in [-0.05, 0) is 62.6 Å². The number of aliphatic hydroxyl groups is 1. The molecule has 0 unspecified atom stereocenters. The summed E-state index contributed by atoms with van der Waals surface area (Å²) in [7, 11) is 0. The van der Waals surface area contributed by atoms with Crippen molar-refractivity contribution in [3.8, 4) is 5.75 Å². The second kappa shape index (κ2) is 11.3. The zero-order chi connectivity index (χ0) is 23.1. The Morgan fingerprint density at radius 2 is 1.56 bits per heavy atom. The number of benzene rings is 3. The second-order valence-corrected chi connectivity index (χ2v) is 8.91. The molecule has 32 heavy (non-hydrogen) atoms. The summed E-state index contributed by atoms with van der Waals surface area (Å²) in [5.41, 5.74) is 1.75. The predicted octanol–water partition coefficient (Wildman–Crippen LogP) is 5.51. The fourth-order valence-electron chi connectivity index (χ4n) is 4.22. The van der Waals surface area contributed by atoms with Gasteiger partial charge in [0.1, 0.15) is 18.5 Å². The third kappa shape index (κ3) is 6.18. The lowest BCUT2D eigenvalue weighted by Crippen LogP contribution is -2.43. The fraction of sp³-hybridized carbons (Fsp3) is 0.393. The van der Waals surface area contributed by atoms with E-state index in [4.69, 9.17) is 4.74 Å². The first kappa shape index (κ1) is 24.0. The third-order valence-electron chi connectivity index (χ3n) is 5.87. The first-order chi connectivity index (χ1) is 15.4. The number of aryl methyl sites for hydroxylation is 1. The van der Waals surface area contributed by atoms with Gasteiger partial charge in [0.05, 0.1) is 5.56 Å². The number of nitrogens with zero attached hydrogens (tertiary/aromatic N) is 1. The summed E-state index contributed by atoms with van der Waals surface area (Å²) in [6.07, 6.45) is 0.457. The number of aliphatic hydroxyl groups excluding tert-OH is 1. The molecular formula is C28H35NO3. The fourth-order valence-corrected chi connectivity index (χ4v) is 4.22. The van der Waals surface area contributed by atoms with Crippen molar-refractivity contribution in [1.29, 1.82) is 0 Å². The number of rotatable bonds is 11. The number of ketones is 1. The van der Waals surface area contributed by atoms with Crippen molar-refractivity contribution in [3.63, 3.8) is 0 Å². The summed E-state index contributed by atoms with van der Waals surface area (Å²) >= 11 is 0. The molecule has 1 N–H and O–H groups in total. The molecule has 0 radical (unpaired) electrons. The standard InChI is InChI=1S/C28H35NO3/c1-20(2)29(21(3)4)18-24(30)19-32-28-15-8-7-14-26(28)27(31)17-16-23-12-9-11-22-10-5-6-13-25(22)23/h5-15,20-21,24,30H,16-19H2,1-4H3/t24-/m1/s1. The highest BCUT2D eigenvalue weighted by atomic mass is 16.5. The Morgan fingerprint density at radius 3 is 2.31 bits per heavy atom. The van der Waals surface area contributed by atoms with E-state index in [1.807, 2.05) is 36.4 Å². The van der Waals surface area contributed by atoms with Gasteiger partial charge in [0, 0.05) is 25.0 Å². The van der Waals surface area contributed by atoms with Gasteiger partial charge in [-0.15, -0.1) is 0 Å². The minimum absolute atomic E-state index is 0.0500. The van der Waals surface area contributed by atoms with Crippen LogP contribution in [0.3, 0.4) is 0 Å². The maximum absolute atomic E-state index is 13.0. The highest BCUT2D eigenvalue weighted by molar-refractivity contribution is 5.99. The van der Waals surface area contributed by atoms with Crippen LogP contribution in [-0.2, 0) is 6.42 Å². The Balaban J connectivity index is 1.63. The molecule has 1 atom stereocenters. The monoisotopic (exact) mass is 433 g/mol. The lowest BCUT2D eigenvalue weighted by Gasteiger charge is -2.32. The van der Waals surface area contributed by atoms with Crippen LogP contribution in [0.5, 0.6) is 5.75 Å². The Labute approximate surface area is 191 Å². The lowest BCUT2D eigenvalue weighted by molar-refractivity contribution is 0.0442. The van der Waals surface area contributed by atoms with E-state index in [1.165, 1.54) is 16.3 Å². The van der Waals surface area contributed by atoms with Crippen LogP contribution in [0.4, 0.5) is 0 Å². The van der Waals surface area contributed by atoms with Gasteiger partial charge in [-0.1, -0.05) is 54.6 Å². The SMILES string of the molecule is CC(C)N(C[C@@H](O)COc1ccccc1C(=O)CCc1cccc2ccccc12)C(C)C. The van der Waals surface area contributed by atoms with Gasteiger partial charge in [0.15, 0.2) is 5.78 Å². The molecule has 0 fully saturated rings. The van der Waals surface area contributed by atoms with Gasteiger partial charge in [-0.25, -0.2) is 0 Å². The lowest BCUT2D eigenvalue weighted by atomic mass is 9.98. The van der Waals surface area contributed by atoms with Crippen molar-refractivity contribution in [2.45, 2.75) is 58.7 Å². The maximum Gasteiger partial charge on any atom is 0.166 e. The largest absolute Gasteiger partial charge is 0.490 e. The first-order valence-electron chi connectivity index (χ1n) is 11.5. The van der Waals surface area contributed by atoms with E-state index in [1.54, 1.807) is 6.07 Å². The molecule has 3 aromatic carbocycles. The Kier molecular flexibility index (Phi) is 8.43. The van der Waals surface area contributed by atoms with Crippen molar-refractivity contribution >= 4 is 16.6 Å². The normalized spacial score (nSPS) is 12.6. The van der Waals surface area contributed by atoms with Crippen molar-refractivity contribution < 1.29 is 14.6 Å². The summed E-state index contributed by atoms with van der Waals surface area (Å²) in [6, 6.07) is 22.5. The Bertz CT molecular complexity index is 1010.